The van der Waals surface area contributed by atoms with Crippen LogP contribution in [0.15, 0.2) is 33.2 Å². The number of benzene rings is 1. The van der Waals surface area contributed by atoms with Crippen LogP contribution in [0, 0.1) is 47.8 Å². The van der Waals surface area contributed by atoms with Crippen molar-refractivity contribution in [2.75, 3.05) is 26.2 Å². The van der Waals surface area contributed by atoms with Crippen LogP contribution in [0.4, 0.5) is 11.4 Å². The summed E-state index contributed by atoms with van der Waals surface area (Å²) in [4.78, 5) is 47.9. The summed E-state index contributed by atoms with van der Waals surface area (Å²) in [5.74, 6) is 0.966. The van der Waals surface area contributed by atoms with Crippen LogP contribution < -0.4 is 5.56 Å². The van der Waals surface area contributed by atoms with E-state index in [4.69, 9.17) is 5.11 Å². The molecular weight excluding hydrogens is 809 g/mol. The van der Waals surface area contributed by atoms with E-state index in [1.807, 2.05) is 9.80 Å². The highest BCUT2D eigenvalue weighted by Crippen LogP contribution is 2.35. The molecule has 1 N–H and O–H groups in total. The smallest absolute Gasteiger partial charge is 0.271 e. The number of nitriles is 1. The van der Waals surface area contributed by atoms with Gasteiger partial charge >= 0.3 is 0 Å². The monoisotopic (exact) mass is 901 g/mol. The molecule has 10 nitrogen and oxygen atoms in total. The van der Waals surface area contributed by atoms with E-state index in [1.165, 1.54) is 4.57 Å². The van der Waals surface area contributed by atoms with Crippen LogP contribution in [0.2, 0.25) is 0 Å². The summed E-state index contributed by atoms with van der Waals surface area (Å²) in [5.41, 5.74) is 0.602. The molecule has 0 spiro atoms. The molecule has 0 aliphatic carbocycles. The van der Waals surface area contributed by atoms with Gasteiger partial charge in [0.05, 0.1) is 11.3 Å². The van der Waals surface area contributed by atoms with Gasteiger partial charge in [-0.2, -0.15) is 5.26 Å². The molecule has 2 rings (SSSR count). The number of aromatic nitrogens is 1. The largest absolute Gasteiger partial charge is 0.493 e. The zero-order chi connectivity index (χ0) is 48.3. The molecule has 1 aromatic carbocycles. The van der Waals surface area contributed by atoms with E-state index in [-0.39, 0.29) is 52.7 Å². The second-order valence-corrected chi connectivity index (χ2v) is 19.1. The highest BCUT2D eigenvalue weighted by Gasteiger charge is 2.28. The number of pyridine rings is 1. The normalized spacial score (nSPS) is 13.9. The predicted molar refractivity (Wildman–Crippen MR) is 271 cm³/mol. The van der Waals surface area contributed by atoms with Crippen molar-refractivity contribution in [2.24, 2.45) is 39.8 Å². The van der Waals surface area contributed by atoms with Gasteiger partial charge in [0.2, 0.25) is 5.88 Å². The molecule has 5 unspecified atom stereocenters. The highest BCUT2D eigenvalue weighted by atomic mass is 16.3. The van der Waals surface area contributed by atoms with Crippen molar-refractivity contribution in [3.63, 3.8) is 0 Å². The Labute approximate surface area is 396 Å². The van der Waals surface area contributed by atoms with Gasteiger partial charge < -0.3 is 14.9 Å². The summed E-state index contributed by atoms with van der Waals surface area (Å²) in [5, 5.41) is 31.4. The fourth-order valence-corrected chi connectivity index (χ4v) is 9.18. The lowest BCUT2D eigenvalue weighted by atomic mass is 9.94. The lowest BCUT2D eigenvalue weighted by molar-refractivity contribution is 0.0674. The van der Waals surface area contributed by atoms with Gasteiger partial charge in [-0.15, -0.1) is 10.2 Å². The van der Waals surface area contributed by atoms with Gasteiger partial charge in [-0.1, -0.05) is 166 Å². The SMILES string of the molecule is CCCCC(CC)CN(CC(CC)CCCC)C(=O)c1ccc(C(=O)N(CC(CC)CCCC)CC(CC)CCCC)c(/N=N/c2c(C)c(C#N)c(=O)n(CC(CC)CCCC)c2O)c1. The van der Waals surface area contributed by atoms with Crippen molar-refractivity contribution < 1.29 is 14.7 Å². The topological polar surface area (TPSA) is 131 Å². The predicted octanol–water partition coefficient (Wildman–Crippen LogP) is 15.1. The molecule has 2 amide bonds. The second-order valence-electron chi connectivity index (χ2n) is 19.1. The standard InChI is InChI=1S/C55H92N6O4/c1-12-22-27-42(17-6)36-59(37-43(18-7)28-23-13-2)52(62)47-32-33-48(53(63)60(38-44(19-8)29-24-14-3)39-45(20-9)30-25-15-4)50(34-47)57-58-51-41(11)49(35-56)54(64)61(55(51)65)40-46(21-10)31-26-16-5/h32-34,42-46,65H,12-31,36-40H2,1-11H3/b58-57+. The van der Waals surface area contributed by atoms with E-state index in [9.17, 15) is 20.0 Å². The third-order valence-electron chi connectivity index (χ3n) is 14.1. The quantitative estimate of drug-likeness (QED) is 0.0699. The molecule has 0 saturated heterocycles. The molecule has 0 bridgehead atoms. The fraction of sp³-hybridized carbons (Fsp3) is 0.745. The number of carbonyl (C=O) groups is 2. The van der Waals surface area contributed by atoms with Crippen LogP contribution in [0.25, 0.3) is 0 Å². The average Bonchev–Trinajstić information content (AvgIpc) is 3.32. The van der Waals surface area contributed by atoms with Gasteiger partial charge in [0.1, 0.15) is 11.6 Å². The molecule has 0 aliphatic heterocycles. The number of hydrogen-bond donors (Lipinski definition) is 1. The Morgan fingerprint density at radius 3 is 1.42 bits per heavy atom. The van der Waals surface area contributed by atoms with Crippen LogP contribution in [0.1, 0.15) is 229 Å². The van der Waals surface area contributed by atoms with E-state index in [2.05, 4.69) is 80.4 Å². The van der Waals surface area contributed by atoms with Crippen molar-refractivity contribution in [3.05, 3.63) is 50.8 Å². The Morgan fingerprint density at radius 1 is 0.631 bits per heavy atom. The van der Waals surface area contributed by atoms with Crippen molar-refractivity contribution in [1.29, 1.82) is 5.26 Å². The van der Waals surface area contributed by atoms with Crippen LogP contribution >= 0.6 is 0 Å². The van der Waals surface area contributed by atoms with Crippen LogP contribution in [-0.2, 0) is 6.54 Å². The third-order valence-corrected chi connectivity index (χ3v) is 14.1. The number of nitrogens with zero attached hydrogens (tertiary/aromatic N) is 6. The number of rotatable bonds is 34. The van der Waals surface area contributed by atoms with Crippen molar-refractivity contribution in [1.82, 2.24) is 14.4 Å². The van der Waals surface area contributed by atoms with Crippen LogP contribution in [-0.4, -0.2) is 57.5 Å². The number of azo groups is 1. The first kappa shape index (κ1) is 57.1. The maximum Gasteiger partial charge on any atom is 0.271 e. The molecule has 1 aromatic heterocycles. The molecule has 366 valence electrons. The highest BCUT2D eigenvalue weighted by molar-refractivity contribution is 6.02. The number of hydrogen-bond acceptors (Lipinski definition) is 7. The van der Waals surface area contributed by atoms with Crippen LogP contribution in [0.5, 0.6) is 5.88 Å². The summed E-state index contributed by atoms with van der Waals surface area (Å²) >= 11 is 0. The first-order valence-corrected chi connectivity index (χ1v) is 26.4. The zero-order valence-corrected chi connectivity index (χ0v) is 43.2. The Balaban J connectivity index is 2.97. The van der Waals surface area contributed by atoms with E-state index in [0.717, 1.165) is 128 Å². The Hall–Kier alpha value is -4.00. The van der Waals surface area contributed by atoms with Gasteiger partial charge in [-0.3, -0.25) is 19.0 Å². The Bertz CT molecular complexity index is 1790. The van der Waals surface area contributed by atoms with Crippen molar-refractivity contribution >= 4 is 23.2 Å². The van der Waals surface area contributed by atoms with Gasteiger partial charge in [0, 0.05) is 43.9 Å². The third kappa shape index (κ3) is 18.0. The molecule has 65 heavy (non-hydrogen) atoms. The van der Waals surface area contributed by atoms with Crippen molar-refractivity contribution in [2.45, 2.75) is 211 Å². The van der Waals surface area contributed by atoms with E-state index < -0.39 is 5.56 Å². The average molecular weight is 901 g/mol. The van der Waals surface area contributed by atoms with Crippen molar-refractivity contribution in [3.8, 4) is 11.9 Å². The first-order chi connectivity index (χ1) is 31.4. The molecule has 0 saturated carbocycles. The summed E-state index contributed by atoms with van der Waals surface area (Å²) in [7, 11) is 0. The van der Waals surface area contributed by atoms with Gasteiger partial charge in [-0.05, 0) is 86.8 Å². The molecule has 0 fully saturated rings. The van der Waals surface area contributed by atoms with E-state index in [0.29, 0.717) is 61.0 Å². The second kappa shape index (κ2) is 31.8. The zero-order valence-electron chi connectivity index (χ0n) is 43.2. The van der Waals surface area contributed by atoms with E-state index >= 15 is 4.79 Å². The van der Waals surface area contributed by atoms with Gasteiger partial charge in [0.15, 0.2) is 5.69 Å². The first-order valence-electron chi connectivity index (χ1n) is 26.4. The maximum atomic E-state index is 15.2. The lowest BCUT2D eigenvalue weighted by Crippen LogP contribution is -2.39. The minimum Gasteiger partial charge on any atom is -0.493 e. The summed E-state index contributed by atoms with van der Waals surface area (Å²) < 4.78 is 1.27. The Morgan fingerprint density at radius 2 is 1.03 bits per heavy atom. The fourth-order valence-electron chi connectivity index (χ4n) is 9.18. The maximum absolute atomic E-state index is 15.2. The molecule has 2 aromatic rings. The molecule has 1 heterocycles. The summed E-state index contributed by atoms with van der Waals surface area (Å²) in [6.07, 6.45) is 20.6. The Kier molecular flexibility index (Phi) is 28.0. The molecule has 5 atom stereocenters. The van der Waals surface area contributed by atoms with Crippen LogP contribution in [0.3, 0.4) is 0 Å². The summed E-state index contributed by atoms with van der Waals surface area (Å²) in [6.45, 7) is 26.3. The van der Waals surface area contributed by atoms with Gasteiger partial charge in [-0.25, -0.2) is 0 Å². The summed E-state index contributed by atoms with van der Waals surface area (Å²) in [6, 6.07) is 7.32. The van der Waals surface area contributed by atoms with E-state index in [1.54, 1.807) is 25.1 Å². The molecule has 0 radical (unpaired) electrons. The molecule has 10 heteroatoms. The van der Waals surface area contributed by atoms with Gasteiger partial charge in [0.25, 0.3) is 17.4 Å². The number of unbranched alkanes of at least 4 members (excludes halogenated alkanes) is 5. The number of amides is 2. The minimum atomic E-state index is -0.550. The molecular formula is C55H92N6O4. The minimum absolute atomic E-state index is 0.0137. The lowest BCUT2D eigenvalue weighted by Gasteiger charge is -2.32. The number of carbonyl (C=O) groups excluding carboxylic acids is 2. The molecule has 0 aliphatic rings. The number of aromatic hydroxyl groups is 1.